The van der Waals surface area contributed by atoms with E-state index in [1.807, 2.05) is 0 Å². The lowest BCUT2D eigenvalue weighted by atomic mass is 10.1. The molecule has 2 N–H and O–H groups in total. The summed E-state index contributed by atoms with van der Waals surface area (Å²) >= 11 is 11.6. The highest BCUT2D eigenvalue weighted by Crippen LogP contribution is 2.23. The van der Waals surface area contributed by atoms with E-state index in [-0.39, 0.29) is 0 Å². The first kappa shape index (κ1) is 13.3. The molecule has 1 unspecified atom stereocenters. The molecule has 0 amide bonds. The zero-order valence-corrected chi connectivity index (χ0v) is 10.4. The van der Waals surface area contributed by atoms with Gasteiger partial charge in [0.2, 0.25) is 0 Å². The third kappa shape index (κ3) is 3.67. The molecule has 0 aromatic heterocycles. The summed E-state index contributed by atoms with van der Waals surface area (Å²) in [5.41, 5.74) is 6.53. The van der Waals surface area contributed by atoms with Gasteiger partial charge in [-0.05, 0) is 31.0 Å². The maximum atomic E-state index is 11.3. The van der Waals surface area contributed by atoms with Crippen molar-refractivity contribution in [3.05, 3.63) is 33.8 Å². The lowest BCUT2D eigenvalue weighted by Crippen LogP contribution is -2.34. The standard InChI is InChI=1S/C11H13Cl2NO2/c1-2-16-11(15)10(14)6-7-3-4-8(12)9(13)5-7/h3-5,10H,2,6,14H2,1H3. The van der Waals surface area contributed by atoms with Crippen LogP contribution >= 0.6 is 23.2 Å². The third-order valence-corrected chi connectivity index (χ3v) is 2.77. The van der Waals surface area contributed by atoms with Crippen molar-refractivity contribution in [1.29, 1.82) is 0 Å². The van der Waals surface area contributed by atoms with Gasteiger partial charge >= 0.3 is 5.97 Å². The summed E-state index contributed by atoms with van der Waals surface area (Å²) in [6.07, 6.45) is 0.385. The number of halogens is 2. The molecule has 0 heterocycles. The summed E-state index contributed by atoms with van der Waals surface area (Å²) < 4.78 is 4.81. The highest BCUT2D eigenvalue weighted by Gasteiger charge is 2.15. The van der Waals surface area contributed by atoms with Crippen molar-refractivity contribution in [2.75, 3.05) is 6.61 Å². The van der Waals surface area contributed by atoms with E-state index in [4.69, 9.17) is 33.7 Å². The highest BCUT2D eigenvalue weighted by atomic mass is 35.5. The van der Waals surface area contributed by atoms with Gasteiger partial charge in [0.05, 0.1) is 16.7 Å². The molecule has 0 spiro atoms. The Bertz CT molecular complexity index is 382. The van der Waals surface area contributed by atoms with Gasteiger partial charge in [0, 0.05) is 0 Å². The SMILES string of the molecule is CCOC(=O)C(N)Cc1ccc(Cl)c(Cl)c1. The minimum atomic E-state index is -0.669. The summed E-state index contributed by atoms with van der Waals surface area (Å²) in [5.74, 6) is -0.409. The van der Waals surface area contributed by atoms with Gasteiger partial charge in [-0.2, -0.15) is 0 Å². The molecule has 0 aliphatic rings. The van der Waals surface area contributed by atoms with Crippen LogP contribution in [0.1, 0.15) is 12.5 Å². The fourth-order valence-corrected chi connectivity index (χ4v) is 1.57. The van der Waals surface area contributed by atoms with E-state index >= 15 is 0 Å². The van der Waals surface area contributed by atoms with Crippen LogP contribution < -0.4 is 5.73 Å². The molecule has 0 saturated carbocycles. The normalized spacial score (nSPS) is 12.2. The molecule has 0 aliphatic heterocycles. The summed E-state index contributed by atoms with van der Waals surface area (Å²) in [5, 5.41) is 0.936. The lowest BCUT2D eigenvalue weighted by molar-refractivity contribution is -0.144. The van der Waals surface area contributed by atoms with E-state index in [9.17, 15) is 4.79 Å². The first-order valence-electron chi connectivity index (χ1n) is 4.90. The van der Waals surface area contributed by atoms with Gasteiger partial charge in [0.25, 0.3) is 0 Å². The van der Waals surface area contributed by atoms with E-state index < -0.39 is 12.0 Å². The van der Waals surface area contributed by atoms with Crippen molar-refractivity contribution in [2.45, 2.75) is 19.4 Å². The summed E-state index contributed by atoms with van der Waals surface area (Å²) in [6, 6.07) is 4.49. The second-order valence-electron chi connectivity index (χ2n) is 3.31. The Labute approximate surface area is 104 Å². The Balaban J connectivity index is 2.66. The number of carbonyl (C=O) groups is 1. The highest BCUT2D eigenvalue weighted by molar-refractivity contribution is 6.42. The van der Waals surface area contributed by atoms with Crippen LogP contribution in [-0.4, -0.2) is 18.6 Å². The van der Waals surface area contributed by atoms with Crippen molar-refractivity contribution in [2.24, 2.45) is 5.73 Å². The number of hydrogen-bond donors (Lipinski definition) is 1. The van der Waals surface area contributed by atoms with Gasteiger partial charge in [-0.1, -0.05) is 29.3 Å². The zero-order chi connectivity index (χ0) is 12.1. The van der Waals surface area contributed by atoms with Crippen molar-refractivity contribution < 1.29 is 9.53 Å². The smallest absolute Gasteiger partial charge is 0.323 e. The van der Waals surface area contributed by atoms with Crippen LogP contribution in [0.4, 0.5) is 0 Å². The number of ether oxygens (including phenoxy) is 1. The molecule has 1 aromatic carbocycles. The third-order valence-electron chi connectivity index (χ3n) is 2.03. The molecular weight excluding hydrogens is 249 g/mol. The molecule has 1 aromatic rings. The van der Waals surface area contributed by atoms with Gasteiger partial charge in [-0.3, -0.25) is 4.79 Å². The predicted molar refractivity (Wildman–Crippen MR) is 64.8 cm³/mol. The average molecular weight is 262 g/mol. The Kier molecular flexibility index (Phi) is 5.06. The number of benzene rings is 1. The second-order valence-corrected chi connectivity index (χ2v) is 4.13. The maximum absolute atomic E-state index is 11.3. The summed E-state index contributed by atoms with van der Waals surface area (Å²) in [6.45, 7) is 2.07. The lowest BCUT2D eigenvalue weighted by Gasteiger charge is -2.10. The van der Waals surface area contributed by atoms with Crippen molar-refractivity contribution >= 4 is 29.2 Å². The number of esters is 1. The fraction of sp³-hybridized carbons (Fsp3) is 0.364. The molecule has 0 bridgehead atoms. The minimum Gasteiger partial charge on any atom is -0.465 e. The van der Waals surface area contributed by atoms with Crippen LogP contribution in [-0.2, 0) is 16.0 Å². The zero-order valence-electron chi connectivity index (χ0n) is 8.87. The first-order valence-corrected chi connectivity index (χ1v) is 5.66. The van der Waals surface area contributed by atoms with Crippen molar-refractivity contribution in [3.63, 3.8) is 0 Å². The summed E-state index contributed by atoms with van der Waals surface area (Å²) in [7, 11) is 0. The Morgan fingerprint density at radius 1 is 1.44 bits per heavy atom. The van der Waals surface area contributed by atoms with E-state index in [1.54, 1.807) is 25.1 Å². The molecule has 0 saturated heterocycles. The summed E-state index contributed by atoms with van der Waals surface area (Å²) in [4.78, 5) is 11.3. The van der Waals surface area contributed by atoms with E-state index in [2.05, 4.69) is 0 Å². The molecule has 1 atom stereocenters. The first-order chi connectivity index (χ1) is 7.54. The fourth-order valence-electron chi connectivity index (χ4n) is 1.25. The maximum Gasteiger partial charge on any atom is 0.323 e. The molecule has 88 valence electrons. The monoisotopic (exact) mass is 261 g/mol. The van der Waals surface area contributed by atoms with Crippen molar-refractivity contribution in [1.82, 2.24) is 0 Å². The molecule has 5 heteroatoms. The second kappa shape index (κ2) is 6.09. The van der Waals surface area contributed by atoms with E-state index in [0.717, 1.165) is 5.56 Å². The molecule has 16 heavy (non-hydrogen) atoms. The molecule has 3 nitrogen and oxygen atoms in total. The van der Waals surface area contributed by atoms with Gasteiger partial charge in [0.15, 0.2) is 0 Å². The quantitative estimate of drug-likeness (QED) is 0.848. The van der Waals surface area contributed by atoms with Gasteiger partial charge in [-0.25, -0.2) is 0 Å². The number of hydrogen-bond acceptors (Lipinski definition) is 3. The largest absolute Gasteiger partial charge is 0.465 e. The van der Waals surface area contributed by atoms with Crippen LogP contribution in [0.3, 0.4) is 0 Å². The minimum absolute atomic E-state index is 0.327. The van der Waals surface area contributed by atoms with Crippen LogP contribution in [0.25, 0.3) is 0 Å². The average Bonchev–Trinajstić information content (AvgIpc) is 2.24. The van der Waals surface area contributed by atoms with Crippen LogP contribution in [0.5, 0.6) is 0 Å². The molecular formula is C11H13Cl2NO2. The van der Waals surface area contributed by atoms with Crippen LogP contribution in [0, 0.1) is 0 Å². The van der Waals surface area contributed by atoms with Crippen LogP contribution in [0.2, 0.25) is 10.0 Å². The van der Waals surface area contributed by atoms with Crippen LogP contribution in [0.15, 0.2) is 18.2 Å². The van der Waals surface area contributed by atoms with Gasteiger partial charge in [-0.15, -0.1) is 0 Å². The Morgan fingerprint density at radius 3 is 2.69 bits per heavy atom. The topological polar surface area (TPSA) is 52.3 Å². The van der Waals surface area contributed by atoms with Gasteiger partial charge < -0.3 is 10.5 Å². The van der Waals surface area contributed by atoms with Gasteiger partial charge in [0.1, 0.15) is 6.04 Å². The number of rotatable bonds is 4. The molecule has 0 aliphatic carbocycles. The number of carbonyl (C=O) groups excluding carboxylic acids is 1. The molecule has 1 rings (SSSR count). The van der Waals surface area contributed by atoms with Crippen molar-refractivity contribution in [3.8, 4) is 0 Å². The van der Waals surface area contributed by atoms with E-state index in [0.29, 0.717) is 23.1 Å². The predicted octanol–water partition coefficient (Wildman–Crippen LogP) is 2.43. The Morgan fingerprint density at radius 2 is 2.12 bits per heavy atom. The Hall–Kier alpha value is -0.770. The molecule has 0 radical (unpaired) electrons. The molecule has 0 fully saturated rings. The number of nitrogens with two attached hydrogens (primary N) is 1. The van der Waals surface area contributed by atoms with E-state index in [1.165, 1.54) is 0 Å².